The monoisotopic (exact) mass is 274 g/mol. The summed E-state index contributed by atoms with van der Waals surface area (Å²) in [4.78, 5) is 11.1. The second-order valence-corrected chi connectivity index (χ2v) is 6.86. The van der Waals surface area contributed by atoms with E-state index >= 15 is 0 Å². The van der Waals surface area contributed by atoms with Crippen LogP contribution in [0, 0.1) is 0 Å². The van der Waals surface area contributed by atoms with Crippen LogP contribution < -0.4 is 0 Å². The smallest absolute Gasteiger partial charge is 0.333 e. The molecule has 106 valence electrons. The summed E-state index contributed by atoms with van der Waals surface area (Å²) >= 11 is 0. The normalized spacial score (nSPS) is 12.0. The van der Waals surface area contributed by atoms with Crippen molar-refractivity contribution in [1.82, 2.24) is 0 Å². The lowest BCUT2D eigenvalue weighted by atomic mass is 10.4. The minimum atomic E-state index is -0.516. The quantitative estimate of drug-likeness (QED) is 0.200. The average molecular weight is 274 g/mol. The summed E-state index contributed by atoms with van der Waals surface area (Å²) in [6.45, 7) is 12.9. The van der Waals surface area contributed by atoms with Gasteiger partial charge in [-0.3, -0.25) is 0 Å². The van der Waals surface area contributed by atoms with Crippen molar-refractivity contribution in [2.75, 3.05) is 19.8 Å². The van der Waals surface area contributed by atoms with E-state index in [9.17, 15) is 4.79 Å². The molecule has 0 N–H and O–H groups in total. The third-order valence-corrected chi connectivity index (χ3v) is 4.68. The molecule has 0 bridgehead atoms. The standard InChI is InChI=1S/C13H26O4Si/c1-6-16-13(5,17-7-2)18-10-8-9-15-12(14)11(3)4/h3,6-10,18H2,1-2,4-5H3. The molecule has 18 heavy (non-hydrogen) atoms. The van der Waals surface area contributed by atoms with Gasteiger partial charge in [0.25, 0.3) is 0 Å². The Hall–Kier alpha value is -0.653. The van der Waals surface area contributed by atoms with Gasteiger partial charge >= 0.3 is 5.97 Å². The van der Waals surface area contributed by atoms with E-state index in [1.807, 2.05) is 20.8 Å². The first-order chi connectivity index (χ1) is 8.45. The van der Waals surface area contributed by atoms with Crippen molar-refractivity contribution < 1.29 is 19.0 Å². The van der Waals surface area contributed by atoms with E-state index in [2.05, 4.69) is 6.58 Å². The average Bonchev–Trinajstić information content (AvgIpc) is 2.28. The lowest BCUT2D eigenvalue weighted by Crippen LogP contribution is -2.39. The van der Waals surface area contributed by atoms with Crippen LogP contribution >= 0.6 is 0 Å². The number of ether oxygens (including phenoxy) is 3. The van der Waals surface area contributed by atoms with Crippen LogP contribution in [0.15, 0.2) is 12.2 Å². The van der Waals surface area contributed by atoms with Crippen LogP contribution in [-0.2, 0) is 19.0 Å². The molecule has 0 amide bonds. The van der Waals surface area contributed by atoms with E-state index in [4.69, 9.17) is 14.2 Å². The Morgan fingerprint density at radius 1 is 1.28 bits per heavy atom. The fraction of sp³-hybridized carbons (Fsp3) is 0.769. The maximum atomic E-state index is 11.1. The molecule has 0 spiro atoms. The molecule has 0 aliphatic carbocycles. The summed E-state index contributed by atoms with van der Waals surface area (Å²) in [6, 6.07) is 1.03. The second-order valence-electron chi connectivity index (χ2n) is 4.37. The third-order valence-electron chi connectivity index (χ3n) is 2.51. The number of hydrogen-bond acceptors (Lipinski definition) is 4. The fourth-order valence-electron chi connectivity index (χ4n) is 1.63. The molecular weight excluding hydrogens is 248 g/mol. The predicted molar refractivity (Wildman–Crippen MR) is 75.4 cm³/mol. The van der Waals surface area contributed by atoms with Gasteiger partial charge in [0, 0.05) is 18.8 Å². The Labute approximate surface area is 113 Å². The first-order valence-corrected chi connectivity index (χ1v) is 8.26. The van der Waals surface area contributed by atoms with Crippen LogP contribution in [0.1, 0.15) is 34.1 Å². The summed E-state index contributed by atoms with van der Waals surface area (Å²) in [6.07, 6.45) is 0.862. The first-order valence-electron chi connectivity index (χ1n) is 6.55. The van der Waals surface area contributed by atoms with Gasteiger partial charge < -0.3 is 14.2 Å². The van der Waals surface area contributed by atoms with E-state index in [0.29, 0.717) is 25.4 Å². The molecule has 0 aromatic rings. The van der Waals surface area contributed by atoms with Gasteiger partial charge in [0.05, 0.1) is 16.1 Å². The summed E-state index contributed by atoms with van der Waals surface area (Å²) in [7, 11) is -0.516. The Morgan fingerprint density at radius 3 is 2.28 bits per heavy atom. The summed E-state index contributed by atoms with van der Waals surface area (Å²) in [5.41, 5.74) is 0.0581. The highest BCUT2D eigenvalue weighted by Gasteiger charge is 2.24. The van der Waals surface area contributed by atoms with Crippen LogP contribution in [0.2, 0.25) is 6.04 Å². The number of rotatable bonds is 10. The van der Waals surface area contributed by atoms with Crippen LogP contribution in [0.3, 0.4) is 0 Å². The topological polar surface area (TPSA) is 44.8 Å². The molecule has 0 aliphatic rings. The van der Waals surface area contributed by atoms with Crippen molar-refractivity contribution in [3.8, 4) is 0 Å². The number of esters is 1. The van der Waals surface area contributed by atoms with Crippen molar-refractivity contribution in [3.63, 3.8) is 0 Å². The van der Waals surface area contributed by atoms with Gasteiger partial charge in [0.15, 0.2) is 0 Å². The minimum Gasteiger partial charge on any atom is -0.462 e. The second kappa shape index (κ2) is 9.30. The van der Waals surface area contributed by atoms with Gasteiger partial charge in [-0.1, -0.05) is 12.6 Å². The SMILES string of the molecule is C=C(C)C(=O)OCCC[SiH2]C(C)(OCC)OCC. The van der Waals surface area contributed by atoms with Crippen molar-refractivity contribution in [1.29, 1.82) is 0 Å². The van der Waals surface area contributed by atoms with Crippen molar-refractivity contribution in [3.05, 3.63) is 12.2 Å². The molecule has 0 aliphatic heterocycles. The van der Waals surface area contributed by atoms with Gasteiger partial charge in [-0.05, 0) is 34.1 Å². The van der Waals surface area contributed by atoms with Crippen LogP contribution in [-0.4, -0.2) is 40.7 Å². The Bertz CT molecular complexity index is 260. The van der Waals surface area contributed by atoms with Gasteiger partial charge in [-0.2, -0.15) is 0 Å². The molecule has 0 saturated heterocycles. The Kier molecular flexibility index (Phi) is 8.96. The summed E-state index contributed by atoms with van der Waals surface area (Å²) < 4.78 is 16.3. The Balaban J connectivity index is 3.80. The molecular formula is C13H26O4Si. The van der Waals surface area contributed by atoms with Gasteiger partial charge in [-0.15, -0.1) is 0 Å². The van der Waals surface area contributed by atoms with E-state index in [0.717, 1.165) is 12.5 Å². The highest BCUT2D eigenvalue weighted by atomic mass is 28.2. The van der Waals surface area contributed by atoms with Gasteiger partial charge in [-0.25, -0.2) is 4.79 Å². The van der Waals surface area contributed by atoms with Crippen molar-refractivity contribution in [2.45, 2.75) is 45.6 Å². The minimum absolute atomic E-state index is 0.311. The summed E-state index contributed by atoms with van der Waals surface area (Å²) in [5.74, 6) is -0.311. The fourth-order valence-corrected chi connectivity index (χ4v) is 3.43. The molecule has 0 rings (SSSR count). The molecule has 0 saturated carbocycles. The number of carbonyl (C=O) groups excluding carboxylic acids is 1. The van der Waals surface area contributed by atoms with Gasteiger partial charge in [0.2, 0.25) is 0 Å². The number of carbonyl (C=O) groups is 1. The van der Waals surface area contributed by atoms with Crippen molar-refractivity contribution >= 4 is 15.5 Å². The molecule has 5 heteroatoms. The zero-order valence-electron chi connectivity index (χ0n) is 12.1. The van der Waals surface area contributed by atoms with E-state index in [1.165, 1.54) is 0 Å². The van der Waals surface area contributed by atoms with Crippen LogP contribution in [0.5, 0.6) is 0 Å². The molecule has 0 aromatic heterocycles. The number of hydrogen-bond donors (Lipinski definition) is 0. The molecule has 0 atom stereocenters. The summed E-state index contributed by atoms with van der Waals surface area (Å²) in [5, 5.41) is 0. The molecule has 0 aromatic carbocycles. The van der Waals surface area contributed by atoms with E-state index in [1.54, 1.807) is 6.92 Å². The van der Waals surface area contributed by atoms with Crippen LogP contribution in [0.25, 0.3) is 0 Å². The molecule has 0 heterocycles. The largest absolute Gasteiger partial charge is 0.462 e. The molecule has 0 radical (unpaired) electrons. The van der Waals surface area contributed by atoms with E-state index in [-0.39, 0.29) is 11.4 Å². The van der Waals surface area contributed by atoms with E-state index < -0.39 is 9.52 Å². The van der Waals surface area contributed by atoms with Crippen LogP contribution in [0.4, 0.5) is 0 Å². The first kappa shape index (κ1) is 17.3. The highest BCUT2D eigenvalue weighted by Crippen LogP contribution is 2.13. The molecule has 4 nitrogen and oxygen atoms in total. The maximum absolute atomic E-state index is 11.1. The molecule has 0 fully saturated rings. The highest BCUT2D eigenvalue weighted by molar-refractivity contribution is 6.38. The lowest BCUT2D eigenvalue weighted by Gasteiger charge is -2.29. The zero-order chi connectivity index (χ0) is 14.0. The van der Waals surface area contributed by atoms with Gasteiger partial charge in [0.1, 0.15) is 5.41 Å². The lowest BCUT2D eigenvalue weighted by molar-refractivity contribution is -0.163. The Morgan fingerprint density at radius 2 is 1.83 bits per heavy atom. The molecule has 0 unspecified atom stereocenters. The zero-order valence-corrected chi connectivity index (χ0v) is 13.5. The van der Waals surface area contributed by atoms with Crippen molar-refractivity contribution in [2.24, 2.45) is 0 Å². The maximum Gasteiger partial charge on any atom is 0.333 e. The third kappa shape index (κ3) is 7.63. The predicted octanol–water partition coefficient (Wildman–Crippen LogP) is 1.83.